The summed E-state index contributed by atoms with van der Waals surface area (Å²) >= 11 is 0. The number of furan rings is 1. The van der Waals surface area contributed by atoms with Crippen molar-refractivity contribution >= 4 is 34.5 Å². The molecule has 4 aromatic rings. The van der Waals surface area contributed by atoms with Gasteiger partial charge >= 0.3 is 7.12 Å². The fourth-order valence-corrected chi connectivity index (χ4v) is 5.26. The molecular weight excluding hydrogens is 383 g/mol. The Morgan fingerprint density at radius 2 is 1.42 bits per heavy atom. The molecule has 1 aliphatic heterocycles. The van der Waals surface area contributed by atoms with E-state index in [4.69, 9.17) is 13.7 Å². The lowest BCUT2D eigenvalue weighted by molar-refractivity contribution is 0.00578. The van der Waals surface area contributed by atoms with E-state index in [9.17, 15) is 0 Å². The first-order valence-electron chi connectivity index (χ1n) is 11.1. The van der Waals surface area contributed by atoms with Gasteiger partial charge < -0.3 is 13.7 Å². The van der Waals surface area contributed by atoms with Gasteiger partial charge in [-0.05, 0) is 55.9 Å². The van der Waals surface area contributed by atoms with Crippen LogP contribution in [0.2, 0.25) is 0 Å². The second kappa shape index (κ2) is 5.82. The Hall–Kier alpha value is -2.56. The van der Waals surface area contributed by atoms with Crippen LogP contribution >= 0.6 is 0 Å². The molecule has 0 spiro atoms. The molecule has 0 atom stereocenters. The van der Waals surface area contributed by atoms with Gasteiger partial charge in [-0.15, -0.1) is 0 Å². The average Bonchev–Trinajstić information content (AvgIpc) is 3.28. The third-order valence-electron chi connectivity index (χ3n) is 7.75. The monoisotopic (exact) mass is 410 g/mol. The van der Waals surface area contributed by atoms with Gasteiger partial charge in [0, 0.05) is 21.8 Å². The van der Waals surface area contributed by atoms with E-state index in [1.54, 1.807) is 0 Å². The number of hydrogen-bond acceptors (Lipinski definition) is 3. The Bertz CT molecular complexity index is 1360. The second-order valence-electron chi connectivity index (χ2n) is 10.4. The SMILES string of the molecule is CC1(C)c2ccccc2-c2c1ccc1c2oc2cccc(B3OC(C)(C)C(C)(C)O3)c21. The zero-order valence-corrected chi connectivity index (χ0v) is 19.0. The summed E-state index contributed by atoms with van der Waals surface area (Å²) in [7, 11) is -0.425. The summed E-state index contributed by atoms with van der Waals surface area (Å²) in [5, 5.41) is 2.20. The van der Waals surface area contributed by atoms with Crippen LogP contribution in [0.15, 0.2) is 59.0 Å². The molecule has 2 heterocycles. The molecule has 0 bridgehead atoms. The summed E-state index contributed by atoms with van der Waals surface area (Å²) in [5.41, 5.74) is 7.19. The third-order valence-corrected chi connectivity index (χ3v) is 7.75. The van der Waals surface area contributed by atoms with Crippen molar-refractivity contribution in [3.05, 3.63) is 65.7 Å². The van der Waals surface area contributed by atoms with E-state index in [0.29, 0.717) is 0 Å². The van der Waals surface area contributed by atoms with E-state index in [-0.39, 0.29) is 16.6 Å². The normalized spacial score (nSPS) is 20.4. The molecule has 4 heteroatoms. The molecule has 6 rings (SSSR count). The van der Waals surface area contributed by atoms with Crippen LogP contribution in [0.1, 0.15) is 52.7 Å². The molecular formula is C27H27BO3. The molecule has 156 valence electrons. The lowest BCUT2D eigenvalue weighted by atomic mass is 9.76. The average molecular weight is 410 g/mol. The second-order valence-corrected chi connectivity index (χ2v) is 10.4. The largest absolute Gasteiger partial charge is 0.495 e. The molecule has 3 aromatic carbocycles. The Morgan fingerprint density at radius 3 is 2.16 bits per heavy atom. The maximum atomic E-state index is 6.54. The van der Waals surface area contributed by atoms with Crippen LogP contribution in [0, 0.1) is 0 Å². The van der Waals surface area contributed by atoms with E-state index in [1.165, 1.54) is 22.3 Å². The summed E-state index contributed by atoms with van der Waals surface area (Å²) in [6, 6.07) is 19.3. The molecule has 1 aromatic heterocycles. The topological polar surface area (TPSA) is 31.6 Å². The minimum Gasteiger partial charge on any atom is -0.455 e. The van der Waals surface area contributed by atoms with E-state index >= 15 is 0 Å². The van der Waals surface area contributed by atoms with E-state index in [1.807, 2.05) is 12.1 Å². The molecule has 31 heavy (non-hydrogen) atoms. The van der Waals surface area contributed by atoms with Gasteiger partial charge in [-0.1, -0.05) is 62.4 Å². The Morgan fingerprint density at radius 1 is 0.710 bits per heavy atom. The van der Waals surface area contributed by atoms with Gasteiger partial charge in [-0.2, -0.15) is 0 Å². The van der Waals surface area contributed by atoms with Crippen LogP contribution < -0.4 is 5.46 Å². The van der Waals surface area contributed by atoms with Crippen molar-refractivity contribution in [3.63, 3.8) is 0 Å². The van der Waals surface area contributed by atoms with Gasteiger partial charge in [0.25, 0.3) is 0 Å². The lowest BCUT2D eigenvalue weighted by Crippen LogP contribution is -2.41. The first-order chi connectivity index (χ1) is 14.6. The molecule has 0 unspecified atom stereocenters. The summed E-state index contributed by atoms with van der Waals surface area (Å²) in [4.78, 5) is 0. The molecule has 0 radical (unpaired) electrons. The number of fused-ring (bicyclic) bond motifs is 7. The Kier molecular flexibility index (Phi) is 3.59. The molecule has 1 saturated heterocycles. The highest BCUT2D eigenvalue weighted by Gasteiger charge is 2.52. The maximum absolute atomic E-state index is 6.54. The summed E-state index contributed by atoms with van der Waals surface area (Å²) < 4.78 is 19.3. The fraction of sp³-hybridized carbons (Fsp3) is 0.333. The minimum absolute atomic E-state index is 0.0480. The van der Waals surface area contributed by atoms with Crippen LogP contribution in [0.4, 0.5) is 0 Å². The standard InChI is InChI=1S/C27H27BO3/c1-25(2)18-11-8-7-10-16(18)22-19(25)15-14-17-23-20(12-9-13-21(23)29-24(17)22)28-30-26(3,4)27(5,6)31-28/h7-15H,1-6H3. The summed E-state index contributed by atoms with van der Waals surface area (Å²) in [6.45, 7) is 12.9. The van der Waals surface area contributed by atoms with Gasteiger partial charge in [-0.25, -0.2) is 0 Å². The predicted molar refractivity (Wildman–Crippen MR) is 127 cm³/mol. The van der Waals surface area contributed by atoms with Crippen molar-refractivity contribution in [3.8, 4) is 11.1 Å². The molecule has 2 aliphatic rings. The van der Waals surface area contributed by atoms with Gasteiger partial charge in [-0.3, -0.25) is 0 Å². The van der Waals surface area contributed by atoms with Crippen LogP contribution in [-0.4, -0.2) is 18.3 Å². The fourth-order valence-electron chi connectivity index (χ4n) is 5.26. The first-order valence-corrected chi connectivity index (χ1v) is 11.1. The summed E-state index contributed by atoms with van der Waals surface area (Å²) in [6.07, 6.45) is 0. The van der Waals surface area contributed by atoms with Crippen molar-refractivity contribution in [2.75, 3.05) is 0 Å². The predicted octanol–water partition coefficient (Wildman–Crippen LogP) is 6.19. The van der Waals surface area contributed by atoms with Crippen molar-refractivity contribution < 1.29 is 13.7 Å². The zero-order chi connectivity index (χ0) is 21.8. The van der Waals surface area contributed by atoms with Crippen molar-refractivity contribution in [2.24, 2.45) is 0 Å². The molecule has 0 amide bonds. The van der Waals surface area contributed by atoms with Crippen LogP contribution in [-0.2, 0) is 14.7 Å². The molecule has 1 aliphatic carbocycles. The third kappa shape index (κ3) is 2.38. The van der Waals surface area contributed by atoms with Crippen molar-refractivity contribution in [2.45, 2.75) is 58.2 Å². The number of benzene rings is 3. The molecule has 3 nitrogen and oxygen atoms in total. The lowest BCUT2D eigenvalue weighted by Gasteiger charge is -2.32. The van der Waals surface area contributed by atoms with Crippen molar-refractivity contribution in [1.82, 2.24) is 0 Å². The molecule has 0 N–H and O–H groups in total. The molecule has 1 fully saturated rings. The maximum Gasteiger partial charge on any atom is 0.495 e. The number of rotatable bonds is 1. The Labute approximate surface area is 183 Å². The minimum atomic E-state index is -0.425. The van der Waals surface area contributed by atoms with E-state index in [0.717, 1.165) is 27.4 Å². The first kappa shape index (κ1) is 19.2. The van der Waals surface area contributed by atoms with E-state index < -0.39 is 7.12 Å². The molecule has 0 saturated carbocycles. The van der Waals surface area contributed by atoms with Gasteiger partial charge in [0.15, 0.2) is 0 Å². The highest BCUT2D eigenvalue weighted by Crippen LogP contribution is 2.52. The zero-order valence-electron chi connectivity index (χ0n) is 19.0. The highest BCUT2D eigenvalue weighted by molar-refractivity contribution is 6.66. The van der Waals surface area contributed by atoms with Crippen LogP contribution in [0.5, 0.6) is 0 Å². The van der Waals surface area contributed by atoms with Gasteiger partial charge in [0.05, 0.1) is 11.2 Å². The smallest absolute Gasteiger partial charge is 0.455 e. The van der Waals surface area contributed by atoms with Crippen molar-refractivity contribution in [1.29, 1.82) is 0 Å². The Balaban J connectivity index is 1.64. The van der Waals surface area contributed by atoms with Gasteiger partial charge in [0.1, 0.15) is 11.2 Å². The highest BCUT2D eigenvalue weighted by atomic mass is 16.7. The quantitative estimate of drug-likeness (QED) is 0.351. The van der Waals surface area contributed by atoms with E-state index in [2.05, 4.69) is 84.0 Å². The van der Waals surface area contributed by atoms with Gasteiger partial charge in [0.2, 0.25) is 0 Å². The number of hydrogen-bond donors (Lipinski definition) is 0. The summed E-state index contributed by atoms with van der Waals surface area (Å²) in [5.74, 6) is 0. The van der Waals surface area contributed by atoms with Crippen LogP contribution in [0.3, 0.4) is 0 Å². The van der Waals surface area contributed by atoms with Crippen LogP contribution in [0.25, 0.3) is 33.1 Å².